The lowest BCUT2D eigenvalue weighted by molar-refractivity contribution is 0.0820. The van der Waals surface area contributed by atoms with Crippen LogP contribution in [0.1, 0.15) is 27.2 Å². The SMILES string of the molecule is CCC(C)(C)OP(=O)(OCNC)SC. The molecule has 0 aliphatic carbocycles. The summed E-state index contributed by atoms with van der Waals surface area (Å²) in [5.74, 6) is 0. The van der Waals surface area contributed by atoms with Gasteiger partial charge in [-0.1, -0.05) is 6.92 Å². The van der Waals surface area contributed by atoms with Crippen LogP contribution in [0.25, 0.3) is 0 Å². The van der Waals surface area contributed by atoms with Crippen LogP contribution in [0.2, 0.25) is 0 Å². The van der Waals surface area contributed by atoms with Crippen LogP contribution < -0.4 is 5.32 Å². The molecule has 0 radical (unpaired) electrons. The molecule has 0 saturated heterocycles. The van der Waals surface area contributed by atoms with Crippen molar-refractivity contribution >= 4 is 18.2 Å². The van der Waals surface area contributed by atoms with Gasteiger partial charge in [-0.05, 0) is 45.0 Å². The zero-order valence-corrected chi connectivity index (χ0v) is 11.2. The predicted molar refractivity (Wildman–Crippen MR) is 61.6 cm³/mol. The van der Waals surface area contributed by atoms with E-state index in [2.05, 4.69) is 5.32 Å². The molecule has 4 nitrogen and oxygen atoms in total. The zero-order valence-electron chi connectivity index (χ0n) is 9.49. The van der Waals surface area contributed by atoms with E-state index < -0.39 is 12.4 Å². The molecule has 0 heterocycles. The molecular weight excluding hydrogens is 221 g/mol. The van der Waals surface area contributed by atoms with Crippen molar-refractivity contribution in [1.82, 2.24) is 5.32 Å². The molecule has 0 aliphatic heterocycles. The van der Waals surface area contributed by atoms with Crippen molar-refractivity contribution in [3.63, 3.8) is 0 Å². The molecular formula is C8H20NO3PS. The Balaban J connectivity index is 4.32. The molecule has 0 rings (SSSR count). The van der Waals surface area contributed by atoms with Gasteiger partial charge in [0.05, 0.1) is 5.60 Å². The Labute approximate surface area is 90.4 Å². The summed E-state index contributed by atoms with van der Waals surface area (Å²) in [5, 5.41) is 2.77. The molecule has 0 amide bonds. The third-order valence-electron chi connectivity index (χ3n) is 1.80. The van der Waals surface area contributed by atoms with Gasteiger partial charge >= 0.3 is 6.80 Å². The molecule has 14 heavy (non-hydrogen) atoms. The fourth-order valence-electron chi connectivity index (χ4n) is 0.627. The molecule has 1 unspecified atom stereocenters. The maximum Gasteiger partial charge on any atom is 0.390 e. The van der Waals surface area contributed by atoms with Gasteiger partial charge in [-0.25, -0.2) is 4.57 Å². The lowest BCUT2D eigenvalue weighted by atomic mass is 10.1. The highest BCUT2D eigenvalue weighted by atomic mass is 32.7. The summed E-state index contributed by atoms with van der Waals surface area (Å²) < 4.78 is 22.6. The van der Waals surface area contributed by atoms with Crippen molar-refractivity contribution in [3.05, 3.63) is 0 Å². The third kappa shape index (κ3) is 5.37. The van der Waals surface area contributed by atoms with Crippen molar-refractivity contribution in [2.24, 2.45) is 0 Å². The number of hydrogen-bond donors (Lipinski definition) is 1. The molecule has 0 fully saturated rings. The molecule has 0 saturated carbocycles. The Bertz CT molecular complexity index is 211. The van der Waals surface area contributed by atoms with E-state index in [1.807, 2.05) is 20.8 Å². The van der Waals surface area contributed by atoms with Crippen molar-refractivity contribution < 1.29 is 13.6 Å². The monoisotopic (exact) mass is 241 g/mol. The van der Waals surface area contributed by atoms with Crippen LogP contribution in [0.3, 0.4) is 0 Å². The van der Waals surface area contributed by atoms with Crippen LogP contribution in [0.4, 0.5) is 0 Å². The Morgan fingerprint density at radius 2 is 2.07 bits per heavy atom. The first-order valence-corrected chi connectivity index (χ1v) is 7.92. The van der Waals surface area contributed by atoms with Crippen LogP contribution in [0, 0.1) is 0 Å². The van der Waals surface area contributed by atoms with Crippen molar-refractivity contribution in [1.29, 1.82) is 0 Å². The fraction of sp³-hybridized carbons (Fsp3) is 1.00. The average Bonchev–Trinajstić information content (AvgIpc) is 2.14. The maximum atomic E-state index is 12.0. The highest BCUT2D eigenvalue weighted by molar-refractivity contribution is 8.54. The van der Waals surface area contributed by atoms with Crippen LogP contribution in [-0.2, 0) is 13.6 Å². The first kappa shape index (κ1) is 14.5. The Kier molecular flexibility index (Phi) is 6.33. The van der Waals surface area contributed by atoms with Gasteiger partial charge in [0, 0.05) is 0 Å². The van der Waals surface area contributed by atoms with Gasteiger partial charge in [-0.15, -0.1) is 0 Å². The first-order valence-electron chi connectivity index (χ1n) is 4.55. The molecule has 0 aliphatic rings. The number of rotatable bonds is 7. The quantitative estimate of drug-likeness (QED) is 0.548. The number of hydrogen-bond acceptors (Lipinski definition) is 5. The van der Waals surface area contributed by atoms with Crippen LogP contribution in [0.5, 0.6) is 0 Å². The summed E-state index contributed by atoms with van der Waals surface area (Å²) in [5.41, 5.74) is -0.410. The second kappa shape index (κ2) is 6.13. The second-order valence-electron chi connectivity index (χ2n) is 3.46. The first-order chi connectivity index (χ1) is 6.39. The average molecular weight is 241 g/mol. The summed E-state index contributed by atoms with van der Waals surface area (Å²) >= 11 is 1.13. The molecule has 1 atom stereocenters. The highest BCUT2D eigenvalue weighted by Crippen LogP contribution is 2.61. The molecule has 0 aromatic rings. The van der Waals surface area contributed by atoms with E-state index in [1.54, 1.807) is 13.3 Å². The van der Waals surface area contributed by atoms with Crippen LogP contribution in [-0.4, -0.2) is 25.6 Å². The van der Waals surface area contributed by atoms with E-state index in [1.165, 1.54) is 0 Å². The Hall–Kier alpha value is 0.460. The van der Waals surface area contributed by atoms with Gasteiger partial charge in [-0.3, -0.25) is 14.4 Å². The number of nitrogens with one attached hydrogen (secondary N) is 1. The molecule has 86 valence electrons. The summed E-state index contributed by atoms with van der Waals surface area (Å²) in [6.45, 7) is 3.03. The standard InChI is InChI=1S/C8H20NO3PS/c1-6-8(2,3)12-13(10,14-5)11-7-9-4/h9H,6-7H2,1-5H3. The van der Waals surface area contributed by atoms with Gasteiger partial charge in [-0.2, -0.15) is 0 Å². The van der Waals surface area contributed by atoms with Gasteiger partial charge in [0.1, 0.15) is 6.73 Å². The van der Waals surface area contributed by atoms with Crippen molar-refractivity contribution in [2.75, 3.05) is 20.0 Å². The smallest absolute Gasteiger partial charge is 0.297 e. The molecule has 6 heteroatoms. The van der Waals surface area contributed by atoms with Gasteiger partial charge in [0.15, 0.2) is 0 Å². The topological polar surface area (TPSA) is 47.6 Å². The summed E-state index contributed by atoms with van der Waals surface area (Å²) in [6, 6.07) is 0. The van der Waals surface area contributed by atoms with E-state index in [4.69, 9.17) is 9.05 Å². The minimum absolute atomic E-state index is 0.234. The maximum absolute atomic E-state index is 12.0. The fourth-order valence-corrected chi connectivity index (χ4v) is 3.18. The Morgan fingerprint density at radius 3 is 2.43 bits per heavy atom. The highest BCUT2D eigenvalue weighted by Gasteiger charge is 2.31. The summed E-state index contributed by atoms with van der Waals surface area (Å²) in [4.78, 5) is 0. The van der Waals surface area contributed by atoms with Crippen molar-refractivity contribution in [3.8, 4) is 0 Å². The van der Waals surface area contributed by atoms with E-state index >= 15 is 0 Å². The normalized spacial score (nSPS) is 16.6. The largest absolute Gasteiger partial charge is 0.390 e. The predicted octanol–water partition coefficient (Wildman–Crippen LogP) is 2.86. The van der Waals surface area contributed by atoms with E-state index in [-0.39, 0.29) is 6.73 Å². The third-order valence-corrected chi connectivity index (χ3v) is 5.29. The van der Waals surface area contributed by atoms with Gasteiger partial charge < -0.3 is 0 Å². The molecule has 0 spiro atoms. The molecule has 0 aromatic heterocycles. The summed E-state index contributed by atoms with van der Waals surface area (Å²) in [7, 11) is 1.73. The van der Waals surface area contributed by atoms with E-state index in [0.29, 0.717) is 0 Å². The second-order valence-corrected chi connectivity index (χ2v) is 7.60. The lowest BCUT2D eigenvalue weighted by Gasteiger charge is -2.27. The van der Waals surface area contributed by atoms with Crippen molar-refractivity contribution in [2.45, 2.75) is 32.8 Å². The van der Waals surface area contributed by atoms with Crippen LogP contribution in [0.15, 0.2) is 0 Å². The summed E-state index contributed by atoms with van der Waals surface area (Å²) in [6.07, 6.45) is 2.52. The van der Waals surface area contributed by atoms with Gasteiger partial charge in [0.25, 0.3) is 0 Å². The van der Waals surface area contributed by atoms with Gasteiger partial charge in [0.2, 0.25) is 0 Å². The minimum atomic E-state index is -3.00. The van der Waals surface area contributed by atoms with E-state index in [9.17, 15) is 4.57 Å². The van der Waals surface area contributed by atoms with Crippen LogP contribution >= 0.6 is 18.2 Å². The lowest BCUT2D eigenvalue weighted by Crippen LogP contribution is -2.22. The Morgan fingerprint density at radius 1 is 1.50 bits per heavy atom. The molecule has 0 bridgehead atoms. The minimum Gasteiger partial charge on any atom is -0.297 e. The zero-order chi connectivity index (χ0) is 11.2. The molecule has 1 N–H and O–H groups in total. The molecule has 0 aromatic carbocycles. The van der Waals surface area contributed by atoms with E-state index in [0.717, 1.165) is 17.8 Å².